The molecule has 2 aromatic rings. The van der Waals surface area contributed by atoms with Crippen molar-refractivity contribution in [1.82, 2.24) is 0 Å². The van der Waals surface area contributed by atoms with Gasteiger partial charge in [0.1, 0.15) is 59.4 Å². The molecule has 3 heterocycles. The van der Waals surface area contributed by atoms with Crippen LogP contribution < -0.4 is 9.47 Å². The van der Waals surface area contributed by atoms with Crippen molar-refractivity contribution >= 4 is 5.78 Å². The molecule has 0 saturated carbocycles. The number of ether oxygens (including phenoxy) is 5. The van der Waals surface area contributed by atoms with E-state index < -0.39 is 96.7 Å². The Kier molecular flexibility index (Phi) is 8.23. The second-order valence-corrected chi connectivity index (χ2v) is 10.5. The Morgan fingerprint density at radius 2 is 1.29 bits per heavy atom. The number of phenols is 3. The van der Waals surface area contributed by atoms with E-state index in [0.29, 0.717) is 0 Å². The van der Waals surface area contributed by atoms with Crippen LogP contribution in [0.25, 0.3) is 0 Å². The lowest BCUT2D eigenvalue weighted by Crippen LogP contribution is -2.59. The van der Waals surface area contributed by atoms with Gasteiger partial charge in [-0.2, -0.15) is 0 Å². The third-order valence-corrected chi connectivity index (χ3v) is 7.57. The Morgan fingerprint density at radius 1 is 0.690 bits per heavy atom. The molecular formula is C27H32O15. The topological polar surface area (TPSA) is 245 Å². The summed E-state index contributed by atoms with van der Waals surface area (Å²) in [5, 5.41) is 91.8. The van der Waals surface area contributed by atoms with E-state index in [1.807, 2.05) is 0 Å². The van der Waals surface area contributed by atoms with E-state index >= 15 is 0 Å². The molecule has 0 aliphatic carbocycles. The number of aliphatic hydroxyl groups excluding tert-OH is 6. The Balaban J connectivity index is 1.49. The molecule has 230 valence electrons. The molecule has 5 rings (SSSR count). The molecule has 0 aromatic heterocycles. The summed E-state index contributed by atoms with van der Waals surface area (Å²) in [6.45, 7) is 2.87. The van der Waals surface area contributed by atoms with E-state index in [1.165, 1.54) is 26.0 Å². The molecule has 0 bridgehead atoms. The van der Waals surface area contributed by atoms with Gasteiger partial charge in [-0.05, 0) is 31.5 Å². The number of benzene rings is 2. The first kappa shape index (κ1) is 30.2. The average molecular weight is 597 g/mol. The normalized spacial score (nSPS) is 38.4. The smallest absolute Gasteiger partial charge is 0.229 e. The van der Waals surface area contributed by atoms with Crippen molar-refractivity contribution < 1.29 is 74.4 Å². The molecule has 12 atom stereocenters. The number of aliphatic hydroxyl groups is 6. The number of Topliss-reactive ketones (excluding diaryl/α,β-unsaturated/α-hetero) is 1. The zero-order valence-corrected chi connectivity index (χ0v) is 22.3. The minimum Gasteiger partial charge on any atom is -0.507 e. The van der Waals surface area contributed by atoms with E-state index in [2.05, 4.69) is 0 Å². The molecule has 2 saturated heterocycles. The molecule has 15 nitrogen and oxygen atoms in total. The maximum Gasteiger partial charge on any atom is 0.229 e. The van der Waals surface area contributed by atoms with E-state index in [0.717, 1.165) is 18.2 Å². The number of hydrogen-bond donors (Lipinski definition) is 9. The zero-order chi connectivity index (χ0) is 30.6. The fourth-order valence-corrected chi connectivity index (χ4v) is 5.07. The van der Waals surface area contributed by atoms with Gasteiger partial charge in [0, 0.05) is 12.1 Å². The number of aromatic hydroxyl groups is 3. The van der Waals surface area contributed by atoms with Crippen molar-refractivity contribution in [2.75, 3.05) is 0 Å². The van der Waals surface area contributed by atoms with Crippen LogP contribution in [-0.2, 0) is 14.2 Å². The lowest BCUT2D eigenvalue weighted by molar-refractivity contribution is -0.304. The van der Waals surface area contributed by atoms with Crippen molar-refractivity contribution in [3.63, 3.8) is 0 Å². The quantitative estimate of drug-likeness (QED) is 0.179. The largest absolute Gasteiger partial charge is 0.507 e. The van der Waals surface area contributed by atoms with Crippen molar-refractivity contribution in [3.05, 3.63) is 41.5 Å². The second-order valence-electron chi connectivity index (χ2n) is 10.5. The molecule has 2 fully saturated rings. The molecule has 15 heteroatoms. The van der Waals surface area contributed by atoms with Gasteiger partial charge in [0.15, 0.2) is 30.0 Å². The molecule has 3 aliphatic heterocycles. The number of carbonyl (C=O) groups is 1. The monoisotopic (exact) mass is 596 g/mol. The molecule has 9 N–H and O–H groups in total. The summed E-state index contributed by atoms with van der Waals surface area (Å²) in [6, 6.07) is 5.79. The van der Waals surface area contributed by atoms with Gasteiger partial charge in [-0.3, -0.25) is 4.79 Å². The molecule has 0 radical (unpaired) electrons. The first-order valence-electron chi connectivity index (χ1n) is 13.1. The number of phenolic OH excluding ortho intramolecular Hbond substituents is 3. The number of carbonyl (C=O) groups excluding carboxylic acids is 1. The van der Waals surface area contributed by atoms with Crippen molar-refractivity contribution in [3.8, 4) is 28.7 Å². The van der Waals surface area contributed by atoms with Crippen LogP contribution in [0, 0.1) is 0 Å². The van der Waals surface area contributed by atoms with E-state index in [4.69, 9.17) is 23.7 Å². The van der Waals surface area contributed by atoms with Crippen LogP contribution in [0.2, 0.25) is 0 Å². The van der Waals surface area contributed by atoms with E-state index in [-0.39, 0.29) is 22.6 Å². The van der Waals surface area contributed by atoms with Gasteiger partial charge < -0.3 is 69.6 Å². The van der Waals surface area contributed by atoms with Crippen LogP contribution in [0.5, 0.6) is 28.7 Å². The van der Waals surface area contributed by atoms with Gasteiger partial charge in [0.05, 0.1) is 12.2 Å². The molecule has 3 aliphatic rings. The lowest BCUT2D eigenvalue weighted by Gasteiger charge is -2.42. The lowest BCUT2D eigenvalue weighted by atomic mass is 9.92. The summed E-state index contributed by atoms with van der Waals surface area (Å²) in [5.74, 6) is -2.88. The van der Waals surface area contributed by atoms with E-state index in [1.54, 1.807) is 0 Å². The molecule has 0 unspecified atom stereocenters. The summed E-state index contributed by atoms with van der Waals surface area (Å²) in [4.78, 5) is 13.8. The second kappa shape index (κ2) is 11.4. The van der Waals surface area contributed by atoms with Crippen LogP contribution in [0.3, 0.4) is 0 Å². The van der Waals surface area contributed by atoms with Crippen LogP contribution in [0.15, 0.2) is 30.3 Å². The first-order chi connectivity index (χ1) is 19.8. The standard InChI is InChI=1S/C27H32O15/c1-8-17(31)20(34)22(36)26(38-8)40-11-6-14(30)16-15(7-11)41-24(10-3-4-12(28)13(29)5-10)25(19(16)33)42-27-23(37)21(35)18(32)9(2)39-27/h3-9,17-18,20-32,34-37H,1-2H3/t8-,9-,17-,18-,20+,21+,22+,23+,24-,25+,26+,27-/m0/s1. The fraction of sp³-hybridized carbons (Fsp3) is 0.519. The van der Waals surface area contributed by atoms with Crippen molar-refractivity contribution in [1.29, 1.82) is 0 Å². The highest BCUT2D eigenvalue weighted by Gasteiger charge is 2.49. The number of hydrogen-bond acceptors (Lipinski definition) is 15. The summed E-state index contributed by atoms with van der Waals surface area (Å²) in [6.07, 6.45) is -17.5. The van der Waals surface area contributed by atoms with Crippen molar-refractivity contribution in [2.24, 2.45) is 0 Å². The summed E-state index contributed by atoms with van der Waals surface area (Å²) in [7, 11) is 0. The van der Waals surface area contributed by atoms with Gasteiger partial charge in [-0.15, -0.1) is 0 Å². The fourth-order valence-electron chi connectivity index (χ4n) is 5.07. The molecular weight excluding hydrogens is 564 g/mol. The van der Waals surface area contributed by atoms with Gasteiger partial charge in [-0.25, -0.2) is 0 Å². The van der Waals surface area contributed by atoms with Crippen LogP contribution in [-0.4, -0.2) is 119 Å². The molecule has 0 amide bonds. The van der Waals surface area contributed by atoms with Gasteiger partial charge >= 0.3 is 0 Å². The predicted octanol–water partition coefficient (Wildman–Crippen LogP) is -1.46. The number of ketones is 1. The summed E-state index contributed by atoms with van der Waals surface area (Å²) >= 11 is 0. The van der Waals surface area contributed by atoms with Crippen LogP contribution >= 0.6 is 0 Å². The molecule has 0 spiro atoms. The summed E-state index contributed by atoms with van der Waals surface area (Å²) in [5.41, 5.74) is -0.240. The number of rotatable bonds is 5. The predicted molar refractivity (Wildman–Crippen MR) is 136 cm³/mol. The average Bonchev–Trinajstić information content (AvgIpc) is 2.94. The Morgan fingerprint density at radius 3 is 1.90 bits per heavy atom. The highest BCUT2D eigenvalue weighted by molar-refractivity contribution is 6.05. The minimum atomic E-state index is -1.78. The summed E-state index contributed by atoms with van der Waals surface area (Å²) < 4.78 is 28.3. The van der Waals surface area contributed by atoms with Gasteiger partial charge in [0.25, 0.3) is 0 Å². The Bertz CT molecular complexity index is 1320. The van der Waals surface area contributed by atoms with Crippen LogP contribution in [0.1, 0.15) is 35.9 Å². The van der Waals surface area contributed by atoms with Gasteiger partial charge in [-0.1, -0.05) is 6.07 Å². The molecule has 2 aromatic carbocycles. The minimum absolute atomic E-state index is 0.121. The third kappa shape index (κ3) is 5.34. The van der Waals surface area contributed by atoms with E-state index in [9.17, 15) is 50.8 Å². The Hall–Kier alpha value is -3.25. The SMILES string of the molecule is C[C@@H]1O[C@H](Oc2cc(O)c3c(c2)O[C@@H](c2ccc(O)c(O)c2)[C@H](O[C@@H]2O[C@@H](C)[C@H](O)[C@@H](O)[C@H]2O)C3=O)[C@H](O)[C@H](O)[C@H]1O. The maximum absolute atomic E-state index is 13.8. The Labute approximate surface area is 238 Å². The maximum atomic E-state index is 13.8. The highest BCUT2D eigenvalue weighted by Crippen LogP contribution is 2.45. The zero-order valence-electron chi connectivity index (χ0n) is 22.3. The first-order valence-corrected chi connectivity index (χ1v) is 13.1. The van der Waals surface area contributed by atoms with Gasteiger partial charge in [0.2, 0.25) is 12.1 Å². The van der Waals surface area contributed by atoms with Crippen molar-refractivity contribution in [2.45, 2.75) is 87.5 Å². The highest BCUT2D eigenvalue weighted by atomic mass is 16.7. The molecule has 42 heavy (non-hydrogen) atoms. The number of fused-ring (bicyclic) bond motifs is 1. The van der Waals surface area contributed by atoms with Crippen LogP contribution in [0.4, 0.5) is 0 Å². The third-order valence-electron chi connectivity index (χ3n) is 7.57.